The lowest BCUT2D eigenvalue weighted by atomic mass is 10.2. The summed E-state index contributed by atoms with van der Waals surface area (Å²) in [5, 5.41) is 0. The molecule has 1 saturated heterocycles. The quantitative estimate of drug-likeness (QED) is 0.475. The van der Waals surface area contributed by atoms with E-state index >= 15 is 0 Å². The van der Waals surface area contributed by atoms with Crippen molar-refractivity contribution in [2.75, 3.05) is 19.8 Å². The van der Waals surface area contributed by atoms with Crippen LogP contribution in [0.25, 0.3) is 0 Å². The van der Waals surface area contributed by atoms with Gasteiger partial charge in [-0.2, -0.15) is 0 Å². The summed E-state index contributed by atoms with van der Waals surface area (Å²) in [5.74, 6) is 6.11. The molecule has 54 valence electrons. The van der Waals surface area contributed by atoms with Gasteiger partial charge in [0.05, 0.1) is 13.2 Å². The highest BCUT2D eigenvalue weighted by Gasteiger charge is 2.27. The van der Waals surface area contributed by atoms with Crippen molar-refractivity contribution in [2.24, 2.45) is 0 Å². The Bertz CT molecular complexity index is 183. The molecule has 0 aromatic heterocycles. The van der Waals surface area contributed by atoms with Gasteiger partial charge < -0.3 is 4.74 Å². The van der Waals surface area contributed by atoms with E-state index in [4.69, 9.17) is 4.74 Å². The summed E-state index contributed by atoms with van der Waals surface area (Å²) >= 11 is 0. The average molecular weight is 137 g/mol. The Kier molecular flexibility index (Phi) is 1.40. The Morgan fingerprint density at radius 3 is 2.90 bits per heavy atom. The third-order valence-electron chi connectivity index (χ3n) is 2.02. The first-order chi connectivity index (χ1) is 4.88. The van der Waals surface area contributed by atoms with Crippen molar-refractivity contribution in [3.63, 3.8) is 0 Å². The molecular formula is C8H11NO. The summed E-state index contributed by atoms with van der Waals surface area (Å²) in [4.78, 5) is 2.36. The van der Waals surface area contributed by atoms with E-state index in [9.17, 15) is 0 Å². The highest BCUT2D eigenvalue weighted by Crippen LogP contribution is 2.14. The van der Waals surface area contributed by atoms with Crippen LogP contribution in [-0.4, -0.2) is 36.7 Å². The molecule has 1 heterocycles. The molecule has 2 rings (SSSR count). The fourth-order valence-corrected chi connectivity index (χ4v) is 1.33. The van der Waals surface area contributed by atoms with Crippen LogP contribution in [-0.2, 0) is 4.74 Å². The van der Waals surface area contributed by atoms with Gasteiger partial charge in [0.1, 0.15) is 6.04 Å². The monoisotopic (exact) mass is 137 g/mol. The van der Waals surface area contributed by atoms with E-state index in [0.717, 1.165) is 19.8 Å². The molecule has 2 nitrogen and oxygen atoms in total. The smallest absolute Gasteiger partial charge is 0.134 e. The summed E-state index contributed by atoms with van der Waals surface area (Å²) in [5.41, 5.74) is 0. The van der Waals surface area contributed by atoms with Gasteiger partial charge in [-0.15, -0.1) is 0 Å². The Morgan fingerprint density at radius 1 is 1.50 bits per heavy atom. The summed E-state index contributed by atoms with van der Waals surface area (Å²) in [7, 11) is 0. The van der Waals surface area contributed by atoms with Crippen molar-refractivity contribution < 1.29 is 4.74 Å². The minimum Gasteiger partial charge on any atom is -0.379 e. The van der Waals surface area contributed by atoms with Gasteiger partial charge in [0.15, 0.2) is 0 Å². The highest BCUT2D eigenvalue weighted by atomic mass is 16.5. The first-order valence-corrected chi connectivity index (χ1v) is 3.72. The highest BCUT2D eigenvalue weighted by molar-refractivity contribution is 5.36. The normalized spacial score (nSPS) is 33.1. The van der Waals surface area contributed by atoms with Crippen LogP contribution in [0.4, 0.5) is 0 Å². The minimum absolute atomic E-state index is 0.416. The van der Waals surface area contributed by atoms with E-state index in [0.29, 0.717) is 12.1 Å². The van der Waals surface area contributed by atoms with E-state index in [2.05, 4.69) is 23.7 Å². The second-order valence-corrected chi connectivity index (χ2v) is 2.85. The van der Waals surface area contributed by atoms with Crippen LogP contribution in [0.15, 0.2) is 0 Å². The zero-order chi connectivity index (χ0) is 6.97. The molecular weight excluding hydrogens is 126 g/mol. The molecule has 2 aliphatic rings. The van der Waals surface area contributed by atoms with Crippen molar-refractivity contribution in [3.05, 3.63) is 0 Å². The van der Waals surface area contributed by atoms with Gasteiger partial charge in [0.25, 0.3) is 0 Å². The van der Waals surface area contributed by atoms with Gasteiger partial charge in [-0.25, -0.2) is 0 Å². The molecule has 1 atom stereocenters. The number of morpholine rings is 1. The van der Waals surface area contributed by atoms with Crippen LogP contribution >= 0.6 is 0 Å². The van der Waals surface area contributed by atoms with Crippen LogP contribution in [0, 0.1) is 11.8 Å². The Hall–Kier alpha value is -0.520. The van der Waals surface area contributed by atoms with E-state index in [-0.39, 0.29) is 0 Å². The van der Waals surface area contributed by atoms with Crippen LogP contribution in [0.1, 0.15) is 6.92 Å². The van der Waals surface area contributed by atoms with Crippen LogP contribution < -0.4 is 0 Å². The minimum atomic E-state index is 0.416. The predicted octanol–water partition coefficient (Wildman–Crippen LogP) is 0.0927. The van der Waals surface area contributed by atoms with Gasteiger partial charge in [-0.1, -0.05) is 11.8 Å². The molecule has 0 aromatic rings. The number of nitrogens with zero attached hydrogens (tertiary/aromatic N) is 1. The molecule has 0 spiro atoms. The van der Waals surface area contributed by atoms with Gasteiger partial charge >= 0.3 is 0 Å². The largest absolute Gasteiger partial charge is 0.379 e. The molecule has 2 heteroatoms. The maximum absolute atomic E-state index is 5.29. The Labute approximate surface area is 61.2 Å². The summed E-state index contributed by atoms with van der Waals surface area (Å²) < 4.78 is 5.29. The third kappa shape index (κ3) is 1.03. The fraction of sp³-hybridized carbons (Fsp3) is 0.750. The number of rotatable bonds is 1. The SMILES string of the molecule is C[C@@H]1COCCN1C1C#C1. The molecule has 1 aliphatic carbocycles. The van der Waals surface area contributed by atoms with Crippen molar-refractivity contribution in [1.82, 2.24) is 4.90 Å². The second-order valence-electron chi connectivity index (χ2n) is 2.85. The molecule has 0 aromatic carbocycles. The molecule has 0 bridgehead atoms. The molecule has 0 N–H and O–H groups in total. The number of ether oxygens (including phenoxy) is 1. The van der Waals surface area contributed by atoms with Gasteiger partial charge in [-0.05, 0) is 6.92 Å². The van der Waals surface area contributed by atoms with Crippen molar-refractivity contribution >= 4 is 0 Å². The van der Waals surface area contributed by atoms with Gasteiger partial charge in [0, 0.05) is 12.6 Å². The van der Waals surface area contributed by atoms with E-state index in [1.807, 2.05) is 0 Å². The molecule has 1 fully saturated rings. The summed E-state index contributed by atoms with van der Waals surface area (Å²) in [6.07, 6.45) is 0. The molecule has 0 amide bonds. The lowest BCUT2D eigenvalue weighted by Crippen LogP contribution is -2.45. The van der Waals surface area contributed by atoms with Gasteiger partial charge in [0.2, 0.25) is 0 Å². The van der Waals surface area contributed by atoms with Crippen molar-refractivity contribution in [1.29, 1.82) is 0 Å². The number of hydrogen-bond donors (Lipinski definition) is 0. The first kappa shape index (κ1) is 6.21. The standard InChI is InChI=1S/C8H11NO/c1-7-6-10-5-4-9(7)8-2-3-8/h7-8H,4-6H2,1H3/t7-/m1/s1. The average Bonchev–Trinajstić information content (AvgIpc) is 2.71. The second kappa shape index (κ2) is 2.26. The zero-order valence-electron chi connectivity index (χ0n) is 6.13. The van der Waals surface area contributed by atoms with E-state index in [1.54, 1.807) is 0 Å². The summed E-state index contributed by atoms with van der Waals surface area (Å²) in [6, 6.07) is 0.958. The Balaban J connectivity index is 1.91. The third-order valence-corrected chi connectivity index (χ3v) is 2.02. The van der Waals surface area contributed by atoms with E-state index < -0.39 is 0 Å². The maximum Gasteiger partial charge on any atom is 0.134 e. The van der Waals surface area contributed by atoms with Crippen LogP contribution in [0.5, 0.6) is 0 Å². The molecule has 1 aliphatic heterocycles. The summed E-state index contributed by atoms with van der Waals surface area (Å²) in [6.45, 7) is 4.94. The first-order valence-electron chi connectivity index (χ1n) is 3.72. The lowest BCUT2D eigenvalue weighted by Gasteiger charge is -2.32. The predicted molar refractivity (Wildman–Crippen MR) is 38.6 cm³/mol. The van der Waals surface area contributed by atoms with Gasteiger partial charge in [-0.3, -0.25) is 4.90 Å². The number of hydrogen-bond acceptors (Lipinski definition) is 2. The lowest BCUT2D eigenvalue weighted by molar-refractivity contribution is 0.0000897. The van der Waals surface area contributed by atoms with Crippen LogP contribution in [0.3, 0.4) is 0 Å². The van der Waals surface area contributed by atoms with Crippen LogP contribution in [0.2, 0.25) is 0 Å². The van der Waals surface area contributed by atoms with Crippen molar-refractivity contribution in [2.45, 2.75) is 19.0 Å². The molecule has 10 heavy (non-hydrogen) atoms. The fourth-order valence-electron chi connectivity index (χ4n) is 1.33. The zero-order valence-corrected chi connectivity index (χ0v) is 6.13. The Morgan fingerprint density at radius 2 is 2.30 bits per heavy atom. The molecule has 0 unspecified atom stereocenters. The topological polar surface area (TPSA) is 12.5 Å². The van der Waals surface area contributed by atoms with Crippen molar-refractivity contribution in [3.8, 4) is 11.8 Å². The van der Waals surface area contributed by atoms with E-state index in [1.165, 1.54) is 0 Å². The molecule has 0 radical (unpaired) electrons. The molecule has 0 saturated carbocycles. The maximum atomic E-state index is 5.29.